The first-order valence-corrected chi connectivity index (χ1v) is 6.21. The standard InChI is InChI=1S/C13H14N4O4/c1-7-8(3-6-11(18)19)13(20)15-12(14-7)9-4-5-10(21-2)17-16-9/h4-5H,3,6H2,1-2H3,(H,18,19)(H,14,15,20). The predicted octanol–water partition coefficient (Wildman–Crippen LogP) is 0.561. The Labute approximate surface area is 119 Å². The molecule has 2 aromatic rings. The van der Waals surface area contributed by atoms with Crippen LogP contribution in [0.5, 0.6) is 5.88 Å². The fraction of sp³-hybridized carbons (Fsp3) is 0.308. The minimum Gasteiger partial charge on any atom is -0.481 e. The maximum atomic E-state index is 12.0. The quantitative estimate of drug-likeness (QED) is 0.825. The number of nitrogens with one attached hydrogen (secondary N) is 1. The first kappa shape index (κ1) is 14.6. The second kappa shape index (κ2) is 6.12. The highest BCUT2D eigenvalue weighted by Gasteiger charge is 2.12. The van der Waals surface area contributed by atoms with Crippen molar-refractivity contribution in [3.63, 3.8) is 0 Å². The number of hydrogen-bond acceptors (Lipinski definition) is 6. The summed E-state index contributed by atoms with van der Waals surface area (Å²) in [5.74, 6) is -0.318. The number of carboxylic acids is 1. The van der Waals surface area contributed by atoms with Crippen LogP contribution < -0.4 is 10.3 Å². The second-order valence-electron chi connectivity index (χ2n) is 4.33. The van der Waals surface area contributed by atoms with Gasteiger partial charge in [0.1, 0.15) is 5.69 Å². The molecule has 0 aliphatic heterocycles. The van der Waals surface area contributed by atoms with Crippen molar-refractivity contribution in [1.82, 2.24) is 20.2 Å². The highest BCUT2D eigenvalue weighted by molar-refractivity contribution is 5.67. The molecule has 0 bridgehead atoms. The molecule has 2 N–H and O–H groups in total. The van der Waals surface area contributed by atoms with Crippen LogP contribution in [-0.2, 0) is 11.2 Å². The number of H-pyrrole nitrogens is 1. The van der Waals surface area contributed by atoms with Crippen LogP contribution in [0.25, 0.3) is 11.5 Å². The summed E-state index contributed by atoms with van der Waals surface area (Å²) in [6, 6.07) is 3.23. The number of aliphatic carboxylic acids is 1. The number of nitrogens with zero attached hydrogens (tertiary/aromatic N) is 3. The Morgan fingerprint density at radius 3 is 2.67 bits per heavy atom. The molecule has 2 aromatic heterocycles. The van der Waals surface area contributed by atoms with Gasteiger partial charge in [0, 0.05) is 23.7 Å². The van der Waals surface area contributed by atoms with Crippen molar-refractivity contribution in [1.29, 1.82) is 0 Å². The molecule has 2 heterocycles. The van der Waals surface area contributed by atoms with E-state index in [0.29, 0.717) is 22.8 Å². The summed E-state index contributed by atoms with van der Waals surface area (Å²) in [7, 11) is 1.48. The van der Waals surface area contributed by atoms with E-state index in [0.717, 1.165) is 0 Å². The molecule has 0 amide bonds. The number of aryl methyl sites for hydroxylation is 1. The molecule has 8 heteroatoms. The molecule has 0 aliphatic carbocycles. The van der Waals surface area contributed by atoms with E-state index < -0.39 is 5.97 Å². The minimum atomic E-state index is -0.959. The number of methoxy groups -OCH3 is 1. The number of hydrogen-bond donors (Lipinski definition) is 2. The molecule has 21 heavy (non-hydrogen) atoms. The van der Waals surface area contributed by atoms with Gasteiger partial charge >= 0.3 is 5.97 Å². The Hall–Kier alpha value is -2.77. The number of aromatic nitrogens is 4. The Bertz CT molecular complexity index is 709. The lowest BCUT2D eigenvalue weighted by Crippen LogP contribution is -2.18. The van der Waals surface area contributed by atoms with E-state index in [4.69, 9.17) is 9.84 Å². The predicted molar refractivity (Wildman–Crippen MR) is 73.1 cm³/mol. The molecule has 8 nitrogen and oxygen atoms in total. The summed E-state index contributed by atoms with van der Waals surface area (Å²) < 4.78 is 4.90. The van der Waals surface area contributed by atoms with Crippen molar-refractivity contribution >= 4 is 5.97 Å². The first-order valence-electron chi connectivity index (χ1n) is 6.21. The van der Waals surface area contributed by atoms with Gasteiger partial charge < -0.3 is 14.8 Å². The van der Waals surface area contributed by atoms with Crippen LogP contribution in [-0.4, -0.2) is 38.4 Å². The topological polar surface area (TPSA) is 118 Å². The molecule has 2 rings (SSSR count). The van der Waals surface area contributed by atoms with E-state index >= 15 is 0 Å². The van der Waals surface area contributed by atoms with Crippen LogP contribution >= 0.6 is 0 Å². The van der Waals surface area contributed by atoms with E-state index in [1.807, 2.05) is 0 Å². The summed E-state index contributed by atoms with van der Waals surface area (Å²) in [6.07, 6.45) is 0.0192. The van der Waals surface area contributed by atoms with Crippen molar-refractivity contribution in [2.24, 2.45) is 0 Å². The maximum Gasteiger partial charge on any atom is 0.303 e. The van der Waals surface area contributed by atoms with E-state index in [1.54, 1.807) is 19.1 Å². The molecule has 0 atom stereocenters. The van der Waals surface area contributed by atoms with Crippen molar-refractivity contribution in [2.45, 2.75) is 19.8 Å². The van der Waals surface area contributed by atoms with E-state index in [9.17, 15) is 9.59 Å². The lowest BCUT2D eigenvalue weighted by molar-refractivity contribution is -0.136. The van der Waals surface area contributed by atoms with Crippen LogP contribution in [0.1, 0.15) is 17.7 Å². The number of aromatic amines is 1. The third-order valence-corrected chi connectivity index (χ3v) is 2.90. The molecular formula is C13H14N4O4. The van der Waals surface area contributed by atoms with Crippen molar-refractivity contribution in [3.8, 4) is 17.4 Å². The minimum absolute atomic E-state index is 0.118. The lowest BCUT2D eigenvalue weighted by atomic mass is 10.1. The summed E-state index contributed by atoms with van der Waals surface area (Å²) in [4.78, 5) is 29.4. The van der Waals surface area contributed by atoms with Gasteiger partial charge in [-0.3, -0.25) is 9.59 Å². The highest BCUT2D eigenvalue weighted by Crippen LogP contribution is 2.13. The van der Waals surface area contributed by atoms with Crippen molar-refractivity contribution in [2.75, 3.05) is 7.11 Å². The molecule has 0 spiro atoms. The van der Waals surface area contributed by atoms with E-state index in [-0.39, 0.29) is 24.2 Å². The fourth-order valence-electron chi connectivity index (χ4n) is 1.81. The summed E-state index contributed by atoms with van der Waals surface area (Å²) in [5.41, 5.74) is 0.882. The molecule has 0 aromatic carbocycles. The zero-order valence-corrected chi connectivity index (χ0v) is 11.6. The van der Waals surface area contributed by atoms with Gasteiger partial charge in [-0.1, -0.05) is 0 Å². The number of carboxylic acid groups (broad SMARTS) is 1. The number of ether oxygens (including phenoxy) is 1. The van der Waals surface area contributed by atoms with Gasteiger partial charge in [0.2, 0.25) is 5.88 Å². The third-order valence-electron chi connectivity index (χ3n) is 2.90. The Kier molecular flexibility index (Phi) is 4.27. The zero-order valence-electron chi connectivity index (χ0n) is 11.6. The van der Waals surface area contributed by atoms with Crippen LogP contribution in [0.3, 0.4) is 0 Å². The normalized spacial score (nSPS) is 10.4. The van der Waals surface area contributed by atoms with E-state index in [1.165, 1.54) is 7.11 Å². The van der Waals surface area contributed by atoms with Gasteiger partial charge in [-0.05, 0) is 19.4 Å². The molecule has 0 fully saturated rings. The molecule has 0 unspecified atom stereocenters. The van der Waals surface area contributed by atoms with Gasteiger partial charge in [0.25, 0.3) is 5.56 Å². The molecule has 0 aliphatic rings. The average molecular weight is 290 g/mol. The van der Waals surface area contributed by atoms with E-state index in [2.05, 4.69) is 20.2 Å². The first-order chi connectivity index (χ1) is 10.0. The number of carbonyl (C=O) groups is 1. The smallest absolute Gasteiger partial charge is 0.303 e. The Morgan fingerprint density at radius 2 is 2.14 bits per heavy atom. The van der Waals surface area contributed by atoms with Crippen LogP contribution in [0.15, 0.2) is 16.9 Å². The summed E-state index contributed by atoms with van der Waals surface area (Å²) in [5, 5.41) is 16.4. The zero-order chi connectivity index (χ0) is 15.4. The van der Waals surface area contributed by atoms with Crippen LogP contribution in [0.2, 0.25) is 0 Å². The van der Waals surface area contributed by atoms with Gasteiger partial charge in [-0.25, -0.2) is 4.98 Å². The van der Waals surface area contributed by atoms with Crippen molar-refractivity contribution in [3.05, 3.63) is 33.7 Å². The van der Waals surface area contributed by atoms with Gasteiger partial charge in [-0.2, -0.15) is 0 Å². The largest absolute Gasteiger partial charge is 0.481 e. The highest BCUT2D eigenvalue weighted by atomic mass is 16.5. The van der Waals surface area contributed by atoms with Crippen LogP contribution in [0, 0.1) is 6.92 Å². The SMILES string of the molecule is COc1ccc(-c2nc(C)c(CCC(=O)O)c(=O)[nH]2)nn1. The summed E-state index contributed by atoms with van der Waals surface area (Å²) >= 11 is 0. The number of rotatable bonds is 5. The van der Waals surface area contributed by atoms with Crippen LogP contribution in [0.4, 0.5) is 0 Å². The van der Waals surface area contributed by atoms with Gasteiger partial charge in [0.15, 0.2) is 5.82 Å². The second-order valence-corrected chi connectivity index (χ2v) is 4.33. The Morgan fingerprint density at radius 1 is 1.38 bits per heavy atom. The third kappa shape index (κ3) is 3.41. The maximum absolute atomic E-state index is 12.0. The van der Waals surface area contributed by atoms with Crippen molar-refractivity contribution < 1.29 is 14.6 Å². The fourth-order valence-corrected chi connectivity index (χ4v) is 1.81. The molecule has 0 saturated heterocycles. The summed E-state index contributed by atoms with van der Waals surface area (Å²) in [6.45, 7) is 1.66. The van der Waals surface area contributed by atoms with Gasteiger partial charge in [-0.15, -0.1) is 10.2 Å². The molecule has 0 saturated carbocycles. The molecule has 0 radical (unpaired) electrons. The monoisotopic (exact) mass is 290 g/mol. The molecular weight excluding hydrogens is 276 g/mol. The average Bonchev–Trinajstić information content (AvgIpc) is 2.46. The van der Waals surface area contributed by atoms with Gasteiger partial charge in [0.05, 0.1) is 7.11 Å². The Balaban J connectivity index is 2.34. The lowest BCUT2D eigenvalue weighted by Gasteiger charge is -2.06. The molecule has 110 valence electrons.